The van der Waals surface area contributed by atoms with E-state index in [2.05, 4.69) is 6.58 Å². The first-order valence-electron chi connectivity index (χ1n) is 4.25. The van der Waals surface area contributed by atoms with E-state index in [-0.39, 0.29) is 0 Å². The molecule has 0 spiro atoms. The van der Waals surface area contributed by atoms with E-state index in [9.17, 15) is 5.11 Å². The highest BCUT2D eigenvalue weighted by Gasteiger charge is 2.33. The monoisotopic (exact) mass is 176 g/mol. The predicted octanol–water partition coefficient (Wildman–Crippen LogP) is 1.84. The Morgan fingerprint density at radius 3 is 2.92 bits per heavy atom. The number of fused-ring (bicyclic) bond motifs is 1. The number of ether oxygens (including phenoxy) is 1. The third-order valence-electron chi connectivity index (χ3n) is 2.50. The van der Waals surface area contributed by atoms with Crippen molar-refractivity contribution in [2.75, 3.05) is 6.61 Å². The van der Waals surface area contributed by atoms with Crippen LogP contribution in [0.15, 0.2) is 36.4 Å². The molecule has 1 N–H and O–H groups in total. The van der Waals surface area contributed by atoms with Crippen LogP contribution < -0.4 is 4.74 Å². The molecular formula is C11H12O2. The summed E-state index contributed by atoms with van der Waals surface area (Å²) < 4.78 is 5.41. The minimum absolute atomic E-state index is 0.393. The average molecular weight is 176 g/mol. The highest BCUT2D eigenvalue weighted by molar-refractivity contribution is 5.45. The quantitative estimate of drug-likeness (QED) is 0.611. The van der Waals surface area contributed by atoms with Gasteiger partial charge in [-0.1, -0.05) is 24.8 Å². The molecule has 1 aromatic rings. The fourth-order valence-corrected chi connectivity index (χ4v) is 1.49. The Balaban J connectivity index is 2.59. The second-order valence-corrected chi connectivity index (χ2v) is 3.46. The molecule has 0 saturated carbocycles. The van der Waals surface area contributed by atoms with Gasteiger partial charge in [0.15, 0.2) is 0 Å². The van der Waals surface area contributed by atoms with Crippen molar-refractivity contribution in [1.29, 1.82) is 0 Å². The van der Waals surface area contributed by atoms with Crippen LogP contribution in [0.5, 0.6) is 5.75 Å². The van der Waals surface area contributed by atoms with Gasteiger partial charge in [-0.25, -0.2) is 0 Å². The third-order valence-corrected chi connectivity index (χ3v) is 2.50. The molecule has 1 aliphatic rings. The summed E-state index contributed by atoms with van der Waals surface area (Å²) >= 11 is 0. The minimum Gasteiger partial charge on any atom is -0.489 e. The van der Waals surface area contributed by atoms with E-state index < -0.39 is 5.60 Å². The lowest BCUT2D eigenvalue weighted by Gasteiger charge is -2.32. The van der Waals surface area contributed by atoms with Gasteiger partial charge in [-0.3, -0.25) is 0 Å². The maximum atomic E-state index is 10.1. The van der Waals surface area contributed by atoms with Gasteiger partial charge in [0.2, 0.25) is 0 Å². The third kappa shape index (κ3) is 1.14. The van der Waals surface area contributed by atoms with Crippen LogP contribution in [0.1, 0.15) is 12.5 Å². The Labute approximate surface area is 77.5 Å². The zero-order chi connectivity index (χ0) is 9.47. The van der Waals surface area contributed by atoms with Crippen LogP contribution in [-0.4, -0.2) is 11.7 Å². The predicted molar refractivity (Wildman–Crippen MR) is 50.6 cm³/mol. The molecule has 0 aromatic heterocycles. The number of aliphatic hydroxyl groups is 1. The van der Waals surface area contributed by atoms with Crippen LogP contribution in [0.4, 0.5) is 0 Å². The van der Waals surface area contributed by atoms with Crippen molar-refractivity contribution in [2.24, 2.45) is 0 Å². The van der Waals surface area contributed by atoms with Crippen molar-refractivity contribution in [3.8, 4) is 5.75 Å². The van der Waals surface area contributed by atoms with Crippen LogP contribution in [0.3, 0.4) is 0 Å². The molecule has 0 bridgehead atoms. The first-order chi connectivity index (χ1) is 6.12. The molecule has 2 rings (SSSR count). The molecular weight excluding hydrogens is 164 g/mol. The number of para-hydroxylation sites is 1. The first kappa shape index (κ1) is 8.32. The van der Waals surface area contributed by atoms with Gasteiger partial charge >= 0.3 is 0 Å². The fourth-order valence-electron chi connectivity index (χ4n) is 1.49. The molecule has 0 saturated heterocycles. The summed E-state index contributed by atoms with van der Waals surface area (Å²) in [5.41, 5.74) is 0.548. The molecule has 13 heavy (non-hydrogen) atoms. The van der Waals surface area contributed by atoms with E-state index in [0.29, 0.717) is 12.2 Å². The normalized spacial score (nSPS) is 26.5. The highest BCUT2D eigenvalue weighted by atomic mass is 16.5. The highest BCUT2D eigenvalue weighted by Crippen LogP contribution is 2.38. The van der Waals surface area contributed by atoms with Gasteiger partial charge in [-0.05, 0) is 18.6 Å². The van der Waals surface area contributed by atoms with Crippen LogP contribution >= 0.6 is 0 Å². The molecule has 1 atom stereocenters. The van der Waals surface area contributed by atoms with Gasteiger partial charge in [-0.15, -0.1) is 0 Å². The first-order valence-corrected chi connectivity index (χ1v) is 4.25. The van der Waals surface area contributed by atoms with Gasteiger partial charge < -0.3 is 9.84 Å². The van der Waals surface area contributed by atoms with E-state index in [1.807, 2.05) is 24.3 Å². The number of hydrogen-bond acceptors (Lipinski definition) is 2. The SMILES string of the molecule is C=C1COc2ccccc2C1(C)O. The summed E-state index contributed by atoms with van der Waals surface area (Å²) in [7, 11) is 0. The Morgan fingerprint density at radius 1 is 1.46 bits per heavy atom. The summed E-state index contributed by atoms with van der Waals surface area (Å²) in [6.07, 6.45) is 0. The van der Waals surface area contributed by atoms with Crippen LogP contribution in [0, 0.1) is 0 Å². The summed E-state index contributed by atoms with van der Waals surface area (Å²) in [6, 6.07) is 7.49. The minimum atomic E-state index is -0.950. The van der Waals surface area contributed by atoms with Crippen molar-refractivity contribution in [1.82, 2.24) is 0 Å². The van der Waals surface area contributed by atoms with Gasteiger partial charge in [0.1, 0.15) is 18.0 Å². The maximum Gasteiger partial charge on any atom is 0.126 e. The van der Waals surface area contributed by atoms with E-state index in [1.165, 1.54) is 0 Å². The maximum absolute atomic E-state index is 10.1. The van der Waals surface area contributed by atoms with Crippen LogP contribution in [-0.2, 0) is 5.60 Å². The Hall–Kier alpha value is -1.28. The summed E-state index contributed by atoms with van der Waals surface area (Å²) in [5, 5.41) is 10.1. The number of rotatable bonds is 0. The standard InChI is InChI=1S/C11H12O2/c1-8-7-13-10-6-4-3-5-9(10)11(8,2)12/h3-6,12H,1,7H2,2H3. The van der Waals surface area contributed by atoms with Crippen molar-refractivity contribution < 1.29 is 9.84 Å². The molecule has 1 aromatic carbocycles. The lowest BCUT2D eigenvalue weighted by molar-refractivity contribution is 0.0690. The van der Waals surface area contributed by atoms with Gasteiger partial charge in [0.25, 0.3) is 0 Å². The van der Waals surface area contributed by atoms with Crippen LogP contribution in [0.25, 0.3) is 0 Å². The van der Waals surface area contributed by atoms with Crippen molar-refractivity contribution in [2.45, 2.75) is 12.5 Å². The molecule has 68 valence electrons. The summed E-state index contributed by atoms with van der Waals surface area (Å²) in [4.78, 5) is 0. The summed E-state index contributed by atoms with van der Waals surface area (Å²) in [6.45, 7) is 5.93. The zero-order valence-electron chi connectivity index (χ0n) is 7.58. The topological polar surface area (TPSA) is 29.5 Å². The molecule has 2 heteroatoms. The van der Waals surface area contributed by atoms with E-state index >= 15 is 0 Å². The Bertz CT molecular complexity index is 353. The zero-order valence-corrected chi connectivity index (χ0v) is 7.58. The fraction of sp³-hybridized carbons (Fsp3) is 0.273. The van der Waals surface area contributed by atoms with E-state index in [0.717, 1.165) is 11.3 Å². The molecule has 0 radical (unpaired) electrons. The molecule has 0 aliphatic carbocycles. The number of benzene rings is 1. The van der Waals surface area contributed by atoms with Crippen molar-refractivity contribution in [3.05, 3.63) is 42.0 Å². The second-order valence-electron chi connectivity index (χ2n) is 3.46. The largest absolute Gasteiger partial charge is 0.489 e. The lowest BCUT2D eigenvalue weighted by atomic mass is 9.87. The van der Waals surface area contributed by atoms with E-state index in [4.69, 9.17) is 4.74 Å². The molecule has 1 heterocycles. The summed E-state index contributed by atoms with van der Waals surface area (Å²) in [5.74, 6) is 0.750. The molecule has 0 fully saturated rings. The second kappa shape index (κ2) is 2.60. The van der Waals surface area contributed by atoms with Gasteiger partial charge in [0, 0.05) is 5.56 Å². The molecule has 2 nitrogen and oxygen atoms in total. The average Bonchev–Trinajstić information content (AvgIpc) is 2.13. The lowest BCUT2D eigenvalue weighted by Crippen LogP contribution is -2.31. The molecule has 0 amide bonds. The van der Waals surface area contributed by atoms with Gasteiger partial charge in [0.05, 0.1) is 0 Å². The Kier molecular flexibility index (Phi) is 1.67. The van der Waals surface area contributed by atoms with Crippen LogP contribution in [0.2, 0.25) is 0 Å². The van der Waals surface area contributed by atoms with E-state index in [1.54, 1.807) is 6.92 Å². The van der Waals surface area contributed by atoms with Crippen molar-refractivity contribution >= 4 is 0 Å². The van der Waals surface area contributed by atoms with Gasteiger partial charge in [-0.2, -0.15) is 0 Å². The van der Waals surface area contributed by atoms with Crippen molar-refractivity contribution in [3.63, 3.8) is 0 Å². The smallest absolute Gasteiger partial charge is 0.126 e. The molecule has 1 unspecified atom stereocenters. The molecule has 1 aliphatic heterocycles. The number of hydrogen-bond donors (Lipinski definition) is 1. The Morgan fingerprint density at radius 2 is 2.15 bits per heavy atom.